The van der Waals surface area contributed by atoms with E-state index in [0.29, 0.717) is 13.2 Å². The molecule has 2 heterocycles. The average Bonchev–Trinajstić information content (AvgIpc) is 2.29. The Morgan fingerprint density at radius 3 is 2.88 bits per heavy atom. The zero-order valence-corrected chi connectivity index (χ0v) is 8.42. The van der Waals surface area contributed by atoms with Gasteiger partial charge >= 0.3 is 6.18 Å². The second-order valence-electron chi connectivity index (χ2n) is 3.54. The van der Waals surface area contributed by atoms with Gasteiger partial charge in [-0.25, -0.2) is 0 Å². The van der Waals surface area contributed by atoms with E-state index >= 15 is 0 Å². The highest BCUT2D eigenvalue weighted by Gasteiger charge is 2.35. The Morgan fingerprint density at radius 2 is 2.25 bits per heavy atom. The van der Waals surface area contributed by atoms with Crippen LogP contribution in [-0.2, 0) is 10.9 Å². The molecule has 1 aromatic heterocycles. The van der Waals surface area contributed by atoms with Crippen LogP contribution >= 0.6 is 0 Å². The van der Waals surface area contributed by atoms with Crippen molar-refractivity contribution in [3.8, 4) is 0 Å². The number of hydrogen-bond acceptors (Lipinski definition) is 3. The van der Waals surface area contributed by atoms with Crippen LogP contribution in [0.2, 0.25) is 0 Å². The van der Waals surface area contributed by atoms with Crippen molar-refractivity contribution in [1.29, 1.82) is 0 Å². The molecule has 0 amide bonds. The average molecular weight is 232 g/mol. The molecule has 88 valence electrons. The lowest BCUT2D eigenvalue weighted by Gasteiger charge is -2.26. The third-order valence-electron chi connectivity index (χ3n) is 2.46. The first-order valence-corrected chi connectivity index (χ1v) is 4.91. The zero-order chi connectivity index (χ0) is 11.6. The van der Waals surface area contributed by atoms with Crippen LogP contribution in [-0.4, -0.2) is 24.7 Å². The van der Waals surface area contributed by atoms with E-state index in [1.165, 1.54) is 12.3 Å². The third kappa shape index (κ3) is 2.33. The Labute approximate surface area is 90.6 Å². The molecule has 0 aromatic carbocycles. The molecule has 1 fully saturated rings. The van der Waals surface area contributed by atoms with E-state index in [1.807, 2.05) is 0 Å². The number of halogens is 3. The van der Waals surface area contributed by atoms with Gasteiger partial charge in [0, 0.05) is 18.9 Å². The highest BCUT2D eigenvalue weighted by molar-refractivity contribution is 5.29. The number of ether oxygens (including phenoxy) is 1. The number of morpholine rings is 1. The van der Waals surface area contributed by atoms with Crippen molar-refractivity contribution in [2.45, 2.75) is 12.2 Å². The summed E-state index contributed by atoms with van der Waals surface area (Å²) in [6.07, 6.45) is -2.16. The van der Waals surface area contributed by atoms with Crippen LogP contribution in [0.5, 0.6) is 0 Å². The lowest BCUT2D eigenvalue weighted by molar-refractivity contribution is -0.139. The van der Waals surface area contributed by atoms with Gasteiger partial charge in [-0.3, -0.25) is 4.98 Å². The molecule has 1 saturated heterocycles. The molecule has 3 nitrogen and oxygen atoms in total. The highest BCUT2D eigenvalue weighted by atomic mass is 19.4. The second kappa shape index (κ2) is 4.39. The summed E-state index contributed by atoms with van der Waals surface area (Å²) < 4.78 is 43.2. The normalized spacial score (nSPS) is 22.1. The predicted octanol–water partition coefficient (Wildman–Crippen LogP) is 1.76. The Morgan fingerprint density at radius 1 is 1.44 bits per heavy atom. The summed E-state index contributed by atoms with van der Waals surface area (Å²) in [6.45, 7) is 1.35. The predicted molar refractivity (Wildman–Crippen MR) is 50.8 cm³/mol. The van der Waals surface area contributed by atoms with Gasteiger partial charge in [0.15, 0.2) is 0 Å². The number of nitrogens with zero attached hydrogens (tertiary/aromatic N) is 1. The van der Waals surface area contributed by atoms with Crippen LogP contribution < -0.4 is 5.32 Å². The van der Waals surface area contributed by atoms with Gasteiger partial charge in [0.05, 0.1) is 24.8 Å². The highest BCUT2D eigenvalue weighted by Crippen LogP contribution is 2.34. The third-order valence-corrected chi connectivity index (χ3v) is 2.46. The van der Waals surface area contributed by atoms with E-state index in [9.17, 15) is 13.2 Å². The number of hydrogen-bond donors (Lipinski definition) is 1. The molecule has 1 aliphatic rings. The van der Waals surface area contributed by atoms with Gasteiger partial charge in [-0.1, -0.05) is 0 Å². The topological polar surface area (TPSA) is 34.1 Å². The van der Waals surface area contributed by atoms with E-state index < -0.39 is 17.8 Å². The maximum Gasteiger partial charge on any atom is 0.418 e. The van der Waals surface area contributed by atoms with Crippen molar-refractivity contribution >= 4 is 0 Å². The monoisotopic (exact) mass is 232 g/mol. The molecule has 1 aliphatic heterocycles. The first-order chi connectivity index (χ1) is 7.59. The van der Waals surface area contributed by atoms with Gasteiger partial charge < -0.3 is 10.1 Å². The first kappa shape index (κ1) is 11.3. The molecule has 2 rings (SSSR count). The number of aromatic nitrogens is 1. The maximum absolute atomic E-state index is 12.7. The summed E-state index contributed by atoms with van der Waals surface area (Å²) in [4.78, 5) is 3.52. The fraction of sp³-hybridized carbons (Fsp3) is 0.500. The molecule has 0 spiro atoms. The van der Waals surface area contributed by atoms with Crippen molar-refractivity contribution < 1.29 is 17.9 Å². The van der Waals surface area contributed by atoms with Crippen molar-refractivity contribution in [2.75, 3.05) is 19.8 Å². The number of pyridine rings is 1. The molecular weight excluding hydrogens is 221 g/mol. The van der Waals surface area contributed by atoms with Crippen LogP contribution in [0.3, 0.4) is 0 Å². The van der Waals surface area contributed by atoms with Gasteiger partial charge in [0.1, 0.15) is 0 Å². The summed E-state index contributed by atoms with van der Waals surface area (Å²) in [7, 11) is 0. The molecule has 0 saturated carbocycles. The molecule has 0 radical (unpaired) electrons. The van der Waals surface area contributed by atoms with Gasteiger partial charge in [-0.15, -0.1) is 0 Å². The molecule has 1 atom stereocenters. The standard InChI is InChI=1S/C10H11F3N2O/c11-10(12,13)8-5-14-2-1-7(8)9-6-16-4-3-15-9/h1-2,5,9,15H,3-4,6H2. The molecule has 0 bridgehead atoms. The Hall–Kier alpha value is -1.14. The molecular formula is C10H11F3N2O. The van der Waals surface area contributed by atoms with E-state index in [2.05, 4.69) is 10.3 Å². The minimum atomic E-state index is -4.37. The molecule has 16 heavy (non-hydrogen) atoms. The van der Waals surface area contributed by atoms with Crippen LogP contribution in [0.15, 0.2) is 18.5 Å². The molecule has 0 aliphatic carbocycles. The summed E-state index contributed by atoms with van der Waals surface area (Å²) >= 11 is 0. The van der Waals surface area contributed by atoms with E-state index in [0.717, 1.165) is 6.20 Å². The van der Waals surface area contributed by atoms with Gasteiger partial charge in [0.25, 0.3) is 0 Å². The van der Waals surface area contributed by atoms with Crippen molar-refractivity contribution in [3.05, 3.63) is 29.6 Å². The van der Waals surface area contributed by atoms with Crippen LogP contribution in [0.1, 0.15) is 17.2 Å². The summed E-state index contributed by atoms with van der Waals surface area (Å²) in [6, 6.07) is 0.975. The summed E-state index contributed by atoms with van der Waals surface area (Å²) in [5.41, 5.74) is -0.500. The fourth-order valence-corrected chi connectivity index (χ4v) is 1.71. The first-order valence-electron chi connectivity index (χ1n) is 4.91. The molecule has 1 unspecified atom stereocenters. The Balaban J connectivity index is 2.32. The Bertz CT molecular complexity index is 361. The lowest BCUT2D eigenvalue weighted by atomic mass is 10.0. The van der Waals surface area contributed by atoms with Crippen molar-refractivity contribution in [2.24, 2.45) is 0 Å². The van der Waals surface area contributed by atoms with Gasteiger partial charge in [-0.05, 0) is 11.6 Å². The van der Waals surface area contributed by atoms with Crippen molar-refractivity contribution in [3.63, 3.8) is 0 Å². The van der Waals surface area contributed by atoms with E-state index in [1.54, 1.807) is 0 Å². The smallest absolute Gasteiger partial charge is 0.378 e. The van der Waals surface area contributed by atoms with Gasteiger partial charge in [-0.2, -0.15) is 13.2 Å². The van der Waals surface area contributed by atoms with E-state index in [-0.39, 0.29) is 12.2 Å². The van der Waals surface area contributed by atoms with Crippen LogP contribution in [0, 0.1) is 0 Å². The summed E-state index contributed by atoms with van der Waals surface area (Å²) in [5, 5.41) is 3.00. The van der Waals surface area contributed by atoms with Crippen LogP contribution in [0.25, 0.3) is 0 Å². The minimum absolute atomic E-state index is 0.196. The SMILES string of the molecule is FC(F)(F)c1cnccc1C1COCCN1. The zero-order valence-electron chi connectivity index (χ0n) is 8.42. The van der Waals surface area contributed by atoms with E-state index in [4.69, 9.17) is 4.74 Å². The molecule has 1 aromatic rings. The number of alkyl halides is 3. The fourth-order valence-electron chi connectivity index (χ4n) is 1.71. The quantitative estimate of drug-likeness (QED) is 0.801. The maximum atomic E-state index is 12.7. The van der Waals surface area contributed by atoms with Gasteiger partial charge in [0.2, 0.25) is 0 Å². The largest absolute Gasteiger partial charge is 0.418 e. The number of nitrogens with one attached hydrogen (secondary N) is 1. The number of rotatable bonds is 1. The Kier molecular flexibility index (Phi) is 3.11. The molecule has 1 N–H and O–H groups in total. The second-order valence-corrected chi connectivity index (χ2v) is 3.54. The van der Waals surface area contributed by atoms with Crippen molar-refractivity contribution in [1.82, 2.24) is 10.3 Å². The summed E-state index contributed by atoms with van der Waals surface area (Å²) in [5.74, 6) is 0. The minimum Gasteiger partial charge on any atom is -0.378 e. The van der Waals surface area contributed by atoms with Crippen LogP contribution in [0.4, 0.5) is 13.2 Å². The molecule has 6 heteroatoms. The lowest BCUT2D eigenvalue weighted by Crippen LogP contribution is -2.35.